The first kappa shape index (κ1) is 19.0. The van der Waals surface area contributed by atoms with Crippen LogP contribution < -0.4 is 5.32 Å². The molecule has 1 aliphatic carbocycles. The Bertz CT molecular complexity index is 159. The monoisotopic (exact) mass is 269 g/mol. The molecular weight excluding hydrogens is 230 g/mol. The van der Waals surface area contributed by atoms with Crippen LogP contribution in [0.4, 0.5) is 0 Å². The van der Waals surface area contributed by atoms with E-state index in [2.05, 4.69) is 33.0 Å². The number of nitrogens with one attached hydrogen (secondary N) is 1. The van der Waals surface area contributed by atoms with E-state index in [1.807, 2.05) is 0 Å². The van der Waals surface area contributed by atoms with Crippen LogP contribution in [0.2, 0.25) is 0 Å². The summed E-state index contributed by atoms with van der Waals surface area (Å²) in [5, 5.41) is 3.66. The van der Waals surface area contributed by atoms with Crippen LogP contribution in [0.25, 0.3) is 0 Å². The molecule has 0 aromatic carbocycles. The second kappa shape index (κ2) is 14.4. The standard InChI is InChI=1S/C14H29N.C4H10/c1-3-4-8-13(2)11-15-12-14-9-6-5-7-10-14;1-3-4-2/h13-15H,3-12H2,1-2H3;3-4H2,1-2H3. The van der Waals surface area contributed by atoms with Crippen LogP contribution in [-0.2, 0) is 0 Å². The van der Waals surface area contributed by atoms with Crippen LogP contribution in [0.3, 0.4) is 0 Å². The van der Waals surface area contributed by atoms with Crippen molar-refractivity contribution in [2.24, 2.45) is 11.8 Å². The van der Waals surface area contributed by atoms with Gasteiger partial charge >= 0.3 is 0 Å². The molecule has 0 radical (unpaired) electrons. The van der Waals surface area contributed by atoms with Gasteiger partial charge in [0.1, 0.15) is 0 Å². The number of rotatable bonds is 8. The average Bonchev–Trinajstić information content (AvgIpc) is 2.46. The van der Waals surface area contributed by atoms with Crippen LogP contribution in [-0.4, -0.2) is 13.1 Å². The largest absolute Gasteiger partial charge is 0.316 e. The first-order valence-electron chi connectivity index (χ1n) is 8.95. The zero-order chi connectivity index (χ0) is 14.3. The van der Waals surface area contributed by atoms with Crippen LogP contribution in [0.1, 0.15) is 91.9 Å². The molecule has 1 nitrogen and oxygen atoms in total. The molecule has 1 heteroatoms. The normalized spacial score (nSPS) is 17.7. The van der Waals surface area contributed by atoms with Gasteiger partial charge < -0.3 is 5.32 Å². The van der Waals surface area contributed by atoms with Crippen molar-refractivity contribution in [3.05, 3.63) is 0 Å². The molecule has 1 saturated carbocycles. The second-order valence-electron chi connectivity index (χ2n) is 6.41. The van der Waals surface area contributed by atoms with Crippen molar-refractivity contribution in [3.8, 4) is 0 Å². The van der Waals surface area contributed by atoms with Gasteiger partial charge in [-0.05, 0) is 44.2 Å². The first-order chi connectivity index (χ1) is 9.24. The van der Waals surface area contributed by atoms with E-state index >= 15 is 0 Å². The molecule has 1 fully saturated rings. The van der Waals surface area contributed by atoms with Crippen LogP contribution in [0.5, 0.6) is 0 Å². The van der Waals surface area contributed by atoms with Gasteiger partial charge in [-0.15, -0.1) is 0 Å². The minimum atomic E-state index is 0.869. The molecule has 1 unspecified atom stereocenters. The Labute approximate surface area is 122 Å². The topological polar surface area (TPSA) is 12.0 Å². The summed E-state index contributed by atoms with van der Waals surface area (Å²) in [5.74, 6) is 1.85. The molecule has 1 atom stereocenters. The molecule has 0 saturated heterocycles. The second-order valence-corrected chi connectivity index (χ2v) is 6.41. The van der Waals surface area contributed by atoms with Gasteiger partial charge in [-0.1, -0.05) is 72.6 Å². The lowest BCUT2D eigenvalue weighted by Crippen LogP contribution is -2.28. The summed E-state index contributed by atoms with van der Waals surface area (Å²) < 4.78 is 0. The Morgan fingerprint density at radius 3 is 2.11 bits per heavy atom. The third-order valence-electron chi connectivity index (χ3n) is 4.20. The zero-order valence-corrected chi connectivity index (χ0v) is 14.1. The van der Waals surface area contributed by atoms with Crippen molar-refractivity contribution < 1.29 is 0 Å². The van der Waals surface area contributed by atoms with Crippen molar-refractivity contribution in [1.29, 1.82) is 0 Å². The summed E-state index contributed by atoms with van der Waals surface area (Å²) in [6, 6.07) is 0. The third kappa shape index (κ3) is 12.7. The summed E-state index contributed by atoms with van der Waals surface area (Å²) in [7, 11) is 0. The van der Waals surface area contributed by atoms with Crippen LogP contribution >= 0.6 is 0 Å². The van der Waals surface area contributed by atoms with Crippen molar-refractivity contribution in [2.75, 3.05) is 13.1 Å². The maximum Gasteiger partial charge on any atom is -0.00204 e. The fraction of sp³-hybridized carbons (Fsp3) is 1.00. The summed E-state index contributed by atoms with van der Waals surface area (Å²) in [4.78, 5) is 0. The molecule has 0 aliphatic heterocycles. The van der Waals surface area contributed by atoms with Gasteiger partial charge in [0.2, 0.25) is 0 Å². The lowest BCUT2D eigenvalue weighted by atomic mass is 9.89. The highest BCUT2D eigenvalue weighted by Crippen LogP contribution is 2.22. The molecule has 0 aromatic heterocycles. The maximum atomic E-state index is 3.66. The SMILES string of the molecule is CCCC.CCCCC(C)CNCC1CCCCC1. The number of hydrogen-bond acceptors (Lipinski definition) is 1. The molecular formula is C18H39N. The summed E-state index contributed by atoms with van der Waals surface area (Å²) >= 11 is 0. The zero-order valence-electron chi connectivity index (χ0n) is 14.1. The smallest absolute Gasteiger partial charge is 0.00204 e. The third-order valence-corrected chi connectivity index (χ3v) is 4.20. The quantitative estimate of drug-likeness (QED) is 0.588. The Hall–Kier alpha value is -0.0400. The fourth-order valence-corrected chi connectivity index (χ4v) is 2.58. The van der Waals surface area contributed by atoms with Crippen molar-refractivity contribution in [3.63, 3.8) is 0 Å². The van der Waals surface area contributed by atoms with E-state index < -0.39 is 0 Å². The van der Waals surface area contributed by atoms with E-state index in [1.54, 1.807) is 0 Å². The van der Waals surface area contributed by atoms with Crippen LogP contribution in [0, 0.1) is 11.8 Å². The van der Waals surface area contributed by atoms with Crippen molar-refractivity contribution in [2.45, 2.75) is 91.9 Å². The highest BCUT2D eigenvalue weighted by molar-refractivity contribution is 4.68. The number of unbranched alkanes of at least 4 members (excludes halogenated alkanes) is 2. The van der Waals surface area contributed by atoms with Gasteiger partial charge in [0, 0.05) is 0 Å². The molecule has 0 aromatic rings. The van der Waals surface area contributed by atoms with Crippen molar-refractivity contribution >= 4 is 0 Å². The van der Waals surface area contributed by atoms with Gasteiger partial charge in [0.15, 0.2) is 0 Å². The summed E-state index contributed by atoms with van der Waals surface area (Å²) in [6.45, 7) is 11.5. The molecule has 0 bridgehead atoms. The van der Waals surface area contributed by atoms with E-state index in [0.29, 0.717) is 0 Å². The molecule has 0 heterocycles. The van der Waals surface area contributed by atoms with Gasteiger partial charge in [0.25, 0.3) is 0 Å². The van der Waals surface area contributed by atoms with Crippen molar-refractivity contribution in [1.82, 2.24) is 5.32 Å². The molecule has 19 heavy (non-hydrogen) atoms. The first-order valence-corrected chi connectivity index (χ1v) is 8.95. The summed E-state index contributed by atoms with van der Waals surface area (Å²) in [6.07, 6.45) is 14.1. The van der Waals surface area contributed by atoms with Gasteiger partial charge in [-0.25, -0.2) is 0 Å². The Balaban J connectivity index is 0.000000711. The highest BCUT2D eigenvalue weighted by Gasteiger charge is 2.12. The predicted molar refractivity (Wildman–Crippen MR) is 88.7 cm³/mol. The van der Waals surface area contributed by atoms with E-state index in [-0.39, 0.29) is 0 Å². The lowest BCUT2D eigenvalue weighted by molar-refractivity contribution is 0.331. The van der Waals surface area contributed by atoms with Gasteiger partial charge in [-0.3, -0.25) is 0 Å². The van der Waals surface area contributed by atoms with Gasteiger partial charge in [-0.2, -0.15) is 0 Å². The molecule has 0 spiro atoms. The molecule has 1 N–H and O–H groups in total. The summed E-state index contributed by atoms with van der Waals surface area (Å²) in [5.41, 5.74) is 0. The van der Waals surface area contributed by atoms with Gasteiger partial charge in [0.05, 0.1) is 0 Å². The fourth-order valence-electron chi connectivity index (χ4n) is 2.58. The molecule has 1 aliphatic rings. The Morgan fingerprint density at radius 2 is 1.58 bits per heavy atom. The predicted octanol–water partition coefficient (Wildman–Crippen LogP) is 5.79. The van der Waals surface area contributed by atoms with E-state index in [4.69, 9.17) is 0 Å². The molecule has 1 rings (SSSR count). The van der Waals surface area contributed by atoms with E-state index in [9.17, 15) is 0 Å². The Morgan fingerprint density at radius 1 is 0.947 bits per heavy atom. The minimum Gasteiger partial charge on any atom is -0.316 e. The van der Waals surface area contributed by atoms with Crippen LogP contribution in [0.15, 0.2) is 0 Å². The number of hydrogen-bond donors (Lipinski definition) is 1. The van der Waals surface area contributed by atoms with E-state index in [0.717, 1.165) is 11.8 Å². The highest BCUT2D eigenvalue weighted by atomic mass is 14.9. The van der Waals surface area contributed by atoms with E-state index in [1.165, 1.54) is 77.3 Å². The maximum absolute atomic E-state index is 3.66. The lowest BCUT2D eigenvalue weighted by Gasteiger charge is -2.22. The Kier molecular flexibility index (Phi) is 14.3. The average molecular weight is 270 g/mol. The molecule has 116 valence electrons. The minimum absolute atomic E-state index is 0.869. The molecule has 0 amide bonds.